The highest BCUT2D eigenvalue weighted by Gasteiger charge is 2.15. The molecule has 0 bridgehead atoms. The van der Waals surface area contributed by atoms with E-state index >= 15 is 0 Å². The Hall–Kier alpha value is -2.02. The number of benzene rings is 1. The number of carbonyl (C=O) groups excluding carboxylic acids is 1. The summed E-state index contributed by atoms with van der Waals surface area (Å²) in [6, 6.07) is 5.41. The van der Waals surface area contributed by atoms with E-state index in [0.29, 0.717) is 18.0 Å². The molecule has 0 heterocycles. The van der Waals surface area contributed by atoms with Crippen LogP contribution in [0.2, 0.25) is 0 Å². The van der Waals surface area contributed by atoms with Crippen molar-refractivity contribution >= 4 is 29.1 Å². The van der Waals surface area contributed by atoms with Gasteiger partial charge in [-0.2, -0.15) is 0 Å². The molecule has 0 saturated heterocycles. The Morgan fingerprint density at radius 3 is 2.57 bits per heavy atom. The van der Waals surface area contributed by atoms with E-state index in [1.54, 1.807) is 19.2 Å². The molecule has 116 valence electrons. The van der Waals surface area contributed by atoms with Gasteiger partial charge in [0.25, 0.3) is 0 Å². The summed E-state index contributed by atoms with van der Waals surface area (Å²) in [5, 5.41) is 5.65. The summed E-state index contributed by atoms with van der Waals surface area (Å²) >= 11 is 4.82. The maximum atomic E-state index is 11.6. The molecule has 0 saturated carbocycles. The van der Waals surface area contributed by atoms with Crippen molar-refractivity contribution in [2.75, 3.05) is 12.4 Å². The normalized spacial score (nSPS) is 10.7. The Balaban J connectivity index is 2.71. The van der Waals surface area contributed by atoms with Crippen molar-refractivity contribution in [1.82, 2.24) is 5.32 Å². The van der Waals surface area contributed by atoms with Gasteiger partial charge in [-0.3, -0.25) is 0 Å². The molecule has 0 aliphatic carbocycles. The van der Waals surface area contributed by atoms with E-state index in [0.717, 1.165) is 5.56 Å². The molecule has 0 fully saturated rings. The second-order valence-corrected chi connectivity index (χ2v) is 5.82. The predicted octanol–water partition coefficient (Wildman–Crippen LogP) is 2.38. The Morgan fingerprint density at radius 1 is 1.38 bits per heavy atom. The van der Waals surface area contributed by atoms with Crippen LogP contribution in [0.5, 0.6) is 5.75 Å². The number of nitrogens with two attached hydrogens (primary N) is 1. The van der Waals surface area contributed by atoms with Crippen molar-refractivity contribution in [3.8, 4) is 5.75 Å². The lowest BCUT2D eigenvalue weighted by atomic mass is 10.2. The summed E-state index contributed by atoms with van der Waals surface area (Å²) < 4.78 is 10.4. The second-order valence-electron chi connectivity index (χ2n) is 5.38. The molecular formula is C14H21N3O3S. The van der Waals surface area contributed by atoms with Gasteiger partial charge in [-0.25, -0.2) is 4.79 Å². The fourth-order valence-electron chi connectivity index (χ4n) is 1.58. The number of amides is 1. The van der Waals surface area contributed by atoms with Crippen LogP contribution in [0.25, 0.3) is 0 Å². The third-order valence-electron chi connectivity index (χ3n) is 2.36. The van der Waals surface area contributed by atoms with Crippen LogP contribution in [0.15, 0.2) is 18.2 Å². The van der Waals surface area contributed by atoms with Gasteiger partial charge in [0.1, 0.15) is 11.4 Å². The summed E-state index contributed by atoms with van der Waals surface area (Å²) in [5.74, 6) is 0.615. The van der Waals surface area contributed by atoms with Gasteiger partial charge in [0.15, 0.2) is 5.11 Å². The van der Waals surface area contributed by atoms with Crippen LogP contribution < -0.4 is 21.1 Å². The highest BCUT2D eigenvalue weighted by atomic mass is 32.1. The molecule has 0 unspecified atom stereocenters. The number of thiocarbonyl (C=S) groups is 1. The predicted molar refractivity (Wildman–Crippen MR) is 86.5 cm³/mol. The largest absolute Gasteiger partial charge is 0.495 e. The average Bonchev–Trinajstić information content (AvgIpc) is 2.34. The highest BCUT2D eigenvalue weighted by molar-refractivity contribution is 7.80. The maximum absolute atomic E-state index is 11.6. The van der Waals surface area contributed by atoms with Gasteiger partial charge in [0.2, 0.25) is 0 Å². The SMILES string of the molecule is COc1ccc(CNC(=O)OC(C)(C)C)cc1NC(N)=S. The van der Waals surface area contributed by atoms with E-state index in [-0.39, 0.29) is 5.11 Å². The zero-order chi connectivity index (χ0) is 16.0. The molecule has 1 amide bonds. The first-order valence-electron chi connectivity index (χ1n) is 6.41. The lowest BCUT2D eigenvalue weighted by molar-refractivity contribution is 0.0523. The van der Waals surface area contributed by atoms with E-state index in [4.69, 9.17) is 27.4 Å². The van der Waals surface area contributed by atoms with Crippen LogP contribution in [0.3, 0.4) is 0 Å². The van der Waals surface area contributed by atoms with Crippen molar-refractivity contribution in [1.29, 1.82) is 0 Å². The van der Waals surface area contributed by atoms with Crippen LogP contribution >= 0.6 is 12.2 Å². The molecule has 0 atom stereocenters. The molecule has 0 aliphatic heterocycles. The van der Waals surface area contributed by atoms with E-state index in [1.807, 2.05) is 26.8 Å². The maximum Gasteiger partial charge on any atom is 0.407 e. The Bertz CT molecular complexity index is 527. The molecule has 1 aromatic carbocycles. The first-order chi connectivity index (χ1) is 9.71. The van der Waals surface area contributed by atoms with E-state index in [2.05, 4.69) is 10.6 Å². The van der Waals surface area contributed by atoms with E-state index in [1.165, 1.54) is 0 Å². The molecule has 0 aromatic heterocycles. The first-order valence-corrected chi connectivity index (χ1v) is 6.82. The molecule has 1 rings (SSSR count). The van der Waals surface area contributed by atoms with Gasteiger partial charge < -0.3 is 25.8 Å². The lowest BCUT2D eigenvalue weighted by Crippen LogP contribution is -2.32. The van der Waals surface area contributed by atoms with Crippen molar-refractivity contribution in [2.24, 2.45) is 5.73 Å². The number of anilines is 1. The minimum absolute atomic E-state index is 0.144. The number of hydrogen-bond acceptors (Lipinski definition) is 4. The molecule has 1 aromatic rings. The number of hydrogen-bond donors (Lipinski definition) is 3. The van der Waals surface area contributed by atoms with Gasteiger partial charge >= 0.3 is 6.09 Å². The highest BCUT2D eigenvalue weighted by Crippen LogP contribution is 2.25. The number of rotatable bonds is 4. The van der Waals surface area contributed by atoms with Crippen molar-refractivity contribution in [2.45, 2.75) is 32.9 Å². The molecule has 4 N–H and O–H groups in total. The number of methoxy groups -OCH3 is 1. The van der Waals surface area contributed by atoms with Gasteiger partial charge in [-0.1, -0.05) is 6.07 Å². The Morgan fingerprint density at radius 2 is 2.05 bits per heavy atom. The van der Waals surface area contributed by atoms with E-state index < -0.39 is 11.7 Å². The standard InChI is InChI=1S/C14H21N3O3S/c1-14(2,3)20-13(18)16-8-9-5-6-11(19-4)10(7-9)17-12(15)21/h5-7H,8H2,1-4H3,(H,16,18)(H3,15,17,21). The third kappa shape index (κ3) is 6.31. The number of ether oxygens (including phenoxy) is 2. The summed E-state index contributed by atoms with van der Waals surface area (Å²) in [4.78, 5) is 11.6. The molecule has 0 radical (unpaired) electrons. The van der Waals surface area contributed by atoms with Crippen LogP contribution in [-0.2, 0) is 11.3 Å². The van der Waals surface area contributed by atoms with Crippen molar-refractivity contribution in [3.63, 3.8) is 0 Å². The average molecular weight is 311 g/mol. The summed E-state index contributed by atoms with van der Waals surface area (Å²) in [7, 11) is 1.55. The van der Waals surface area contributed by atoms with Gasteiger partial charge in [-0.05, 0) is 50.7 Å². The molecule has 0 aliphatic rings. The fraction of sp³-hybridized carbons (Fsp3) is 0.429. The summed E-state index contributed by atoms with van der Waals surface area (Å²) in [6.45, 7) is 5.75. The Labute approximate surface area is 130 Å². The minimum atomic E-state index is -0.525. The molecule has 7 heteroatoms. The molecule has 0 spiro atoms. The van der Waals surface area contributed by atoms with Gasteiger partial charge in [-0.15, -0.1) is 0 Å². The fourth-order valence-corrected chi connectivity index (χ4v) is 1.69. The van der Waals surface area contributed by atoms with Crippen LogP contribution in [-0.4, -0.2) is 23.9 Å². The van der Waals surface area contributed by atoms with Crippen LogP contribution in [0, 0.1) is 0 Å². The van der Waals surface area contributed by atoms with Crippen LogP contribution in [0.1, 0.15) is 26.3 Å². The van der Waals surface area contributed by atoms with Crippen molar-refractivity contribution < 1.29 is 14.3 Å². The quantitative estimate of drug-likeness (QED) is 0.740. The molecular weight excluding hydrogens is 290 g/mol. The zero-order valence-corrected chi connectivity index (χ0v) is 13.5. The van der Waals surface area contributed by atoms with Gasteiger partial charge in [0.05, 0.1) is 12.8 Å². The number of nitrogens with one attached hydrogen (secondary N) is 2. The van der Waals surface area contributed by atoms with Gasteiger partial charge in [0, 0.05) is 6.54 Å². The summed E-state index contributed by atoms with van der Waals surface area (Å²) in [6.07, 6.45) is -0.470. The summed E-state index contributed by atoms with van der Waals surface area (Å²) in [5.41, 5.74) is 6.45. The van der Waals surface area contributed by atoms with Crippen LogP contribution in [0.4, 0.5) is 10.5 Å². The van der Waals surface area contributed by atoms with Crippen molar-refractivity contribution in [3.05, 3.63) is 23.8 Å². The molecule has 21 heavy (non-hydrogen) atoms. The first kappa shape index (κ1) is 17.0. The topological polar surface area (TPSA) is 85.6 Å². The lowest BCUT2D eigenvalue weighted by Gasteiger charge is -2.20. The minimum Gasteiger partial charge on any atom is -0.495 e. The van der Waals surface area contributed by atoms with E-state index in [9.17, 15) is 4.79 Å². The zero-order valence-electron chi connectivity index (χ0n) is 12.6. The monoisotopic (exact) mass is 311 g/mol. The number of carbonyl (C=O) groups is 1. The third-order valence-corrected chi connectivity index (χ3v) is 2.46. The Kier molecular flexibility index (Phi) is 5.78. The molecule has 6 nitrogen and oxygen atoms in total. The number of alkyl carbamates (subject to hydrolysis) is 1. The second kappa shape index (κ2) is 7.12. The smallest absolute Gasteiger partial charge is 0.407 e.